The zero-order valence-corrected chi connectivity index (χ0v) is 17.1. The van der Waals surface area contributed by atoms with Crippen LogP contribution >= 0.6 is 15.9 Å². The molecule has 5 nitrogen and oxygen atoms in total. The first-order valence-electron chi connectivity index (χ1n) is 9.04. The van der Waals surface area contributed by atoms with Crippen LogP contribution in [0.4, 0.5) is 4.39 Å². The van der Waals surface area contributed by atoms with Crippen molar-refractivity contribution in [2.75, 3.05) is 5.43 Å². The fourth-order valence-electron chi connectivity index (χ4n) is 2.92. The molecule has 0 bridgehead atoms. The second-order valence-corrected chi connectivity index (χ2v) is 7.38. The van der Waals surface area contributed by atoms with Crippen LogP contribution in [0.3, 0.4) is 0 Å². The van der Waals surface area contributed by atoms with Crippen molar-refractivity contribution in [1.29, 1.82) is 0 Å². The van der Waals surface area contributed by atoms with Crippen molar-refractivity contribution in [1.82, 2.24) is 9.66 Å². The molecule has 0 atom stereocenters. The Bertz CT molecular complexity index is 1310. The van der Waals surface area contributed by atoms with E-state index in [1.165, 1.54) is 30.3 Å². The molecule has 1 aromatic heterocycles. The lowest BCUT2D eigenvalue weighted by atomic mass is 10.2. The number of fused-ring (bicyclic) bond motifs is 1. The van der Waals surface area contributed by atoms with Crippen LogP contribution in [-0.2, 0) is 4.79 Å². The van der Waals surface area contributed by atoms with Gasteiger partial charge in [0.25, 0.3) is 11.5 Å². The largest absolute Gasteiger partial charge is 0.280 e. The molecule has 0 aliphatic carbocycles. The van der Waals surface area contributed by atoms with E-state index in [2.05, 4.69) is 26.3 Å². The van der Waals surface area contributed by atoms with Crippen molar-refractivity contribution in [3.8, 4) is 11.4 Å². The summed E-state index contributed by atoms with van der Waals surface area (Å²) in [5, 5.41) is 0.362. The highest BCUT2D eigenvalue weighted by Gasteiger charge is 2.14. The zero-order chi connectivity index (χ0) is 21.1. The van der Waals surface area contributed by atoms with Crippen LogP contribution in [-0.4, -0.2) is 15.6 Å². The summed E-state index contributed by atoms with van der Waals surface area (Å²) in [6, 6.07) is 19.8. The summed E-state index contributed by atoms with van der Waals surface area (Å²) in [5.41, 5.74) is 3.96. The van der Waals surface area contributed by atoms with Crippen LogP contribution in [0.5, 0.6) is 0 Å². The van der Waals surface area contributed by atoms with Crippen molar-refractivity contribution in [3.63, 3.8) is 0 Å². The van der Waals surface area contributed by atoms with Gasteiger partial charge in [0.05, 0.1) is 10.9 Å². The minimum absolute atomic E-state index is 0.212. The number of amides is 1. The standard InChI is InChI=1S/C23H15BrFN3O2/c24-17-10-5-15(6-11-17)7-14-21(29)27-28-22(16-8-12-18(25)13-9-16)26-20-4-2-1-3-19(20)23(28)30/h1-14H,(H,27,29). The van der Waals surface area contributed by atoms with Gasteiger partial charge < -0.3 is 0 Å². The van der Waals surface area contributed by atoms with Crippen molar-refractivity contribution in [2.45, 2.75) is 0 Å². The van der Waals surface area contributed by atoms with Crippen molar-refractivity contribution < 1.29 is 9.18 Å². The van der Waals surface area contributed by atoms with E-state index < -0.39 is 17.3 Å². The summed E-state index contributed by atoms with van der Waals surface area (Å²) in [5.74, 6) is -0.695. The van der Waals surface area contributed by atoms with Gasteiger partial charge in [-0.2, -0.15) is 4.68 Å². The first-order valence-corrected chi connectivity index (χ1v) is 9.83. The number of para-hydroxylation sites is 1. The normalized spacial score (nSPS) is 11.1. The Hall–Kier alpha value is -3.58. The fourth-order valence-corrected chi connectivity index (χ4v) is 3.19. The molecule has 0 aliphatic heterocycles. The average molecular weight is 464 g/mol. The van der Waals surface area contributed by atoms with E-state index in [-0.39, 0.29) is 5.82 Å². The lowest BCUT2D eigenvalue weighted by molar-refractivity contribution is -0.112. The molecule has 1 heterocycles. The lowest BCUT2D eigenvalue weighted by Crippen LogP contribution is -2.34. The minimum Gasteiger partial charge on any atom is -0.268 e. The van der Waals surface area contributed by atoms with Gasteiger partial charge in [-0.3, -0.25) is 15.0 Å². The maximum atomic E-state index is 13.4. The summed E-state index contributed by atoms with van der Waals surface area (Å²) in [6.45, 7) is 0. The number of halogens is 2. The third-order valence-electron chi connectivity index (χ3n) is 4.40. The molecule has 0 fully saturated rings. The molecule has 1 N–H and O–H groups in total. The van der Waals surface area contributed by atoms with Crippen molar-refractivity contribution >= 4 is 38.8 Å². The Morgan fingerprint density at radius 1 is 1.00 bits per heavy atom. The van der Waals surface area contributed by atoms with Gasteiger partial charge in [0.15, 0.2) is 5.82 Å². The Kier molecular flexibility index (Phi) is 5.54. The van der Waals surface area contributed by atoms with E-state index >= 15 is 0 Å². The van der Waals surface area contributed by atoms with E-state index in [1.807, 2.05) is 24.3 Å². The van der Waals surface area contributed by atoms with Gasteiger partial charge >= 0.3 is 0 Å². The smallest absolute Gasteiger partial charge is 0.268 e. The second-order valence-electron chi connectivity index (χ2n) is 6.46. The number of nitrogens with zero attached hydrogens (tertiary/aromatic N) is 2. The molecule has 4 rings (SSSR count). The molecule has 0 radical (unpaired) electrons. The predicted octanol–water partition coefficient (Wildman–Crippen LogP) is 4.75. The summed E-state index contributed by atoms with van der Waals surface area (Å²) >= 11 is 3.36. The van der Waals surface area contributed by atoms with Crippen molar-refractivity contribution in [2.24, 2.45) is 0 Å². The third-order valence-corrected chi connectivity index (χ3v) is 4.93. The monoisotopic (exact) mass is 463 g/mol. The Morgan fingerprint density at radius 2 is 1.70 bits per heavy atom. The van der Waals surface area contributed by atoms with Gasteiger partial charge in [-0.25, -0.2) is 9.37 Å². The van der Waals surface area contributed by atoms with Crippen LogP contribution in [0.25, 0.3) is 28.4 Å². The van der Waals surface area contributed by atoms with Crippen LogP contribution in [0.1, 0.15) is 5.56 Å². The molecule has 0 spiro atoms. The highest BCUT2D eigenvalue weighted by Crippen LogP contribution is 2.19. The van der Waals surface area contributed by atoms with Gasteiger partial charge in [-0.15, -0.1) is 0 Å². The predicted molar refractivity (Wildman–Crippen MR) is 119 cm³/mol. The molecule has 0 saturated heterocycles. The highest BCUT2D eigenvalue weighted by atomic mass is 79.9. The lowest BCUT2D eigenvalue weighted by Gasteiger charge is -2.13. The summed E-state index contributed by atoms with van der Waals surface area (Å²) < 4.78 is 15.4. The number of benzene rings is 3. The molecule has 1 amide bonds. The number of hydrogen-bond donors (Lipinski definition) is 1. The number of nitrogens with one attached hydrogen (secondary N) is 1. The minimum atomic E-state index is -0.500. The number of aromatic nitrogens is 2. The first kappa shape index (κ1) is 19.7. The maximum Gasteiger partial charge on any atom is 0.280 e. The summed E-state index contributed by atoms with van der Waals surface area (Å²) in [6.07, 6.45) is 2.97. The SMILES string of the molecule is O=C(C=Cc1ccc(Br)cc1)Nn1c(-c2ccc(F)cc2)nc2ccccc2c1=O. The number of rotatable bonds is 4. The van der Waals surface area contributed by atoms with Crippen LogP contribution in [0.2, 0.25) is 0 Å². The van der Waals surface area contributed by atoms with Crippen LogP contribution in [0.15, 0.2) is 88.1 Å². The third kappa shape index (κ3) is 4.21. The van der Waals surface area contributed by atoms with E-state index in [9.17, 15) is 14.0 Å². The van der Waals surface area contributed by atoms with Crippen LogP contribution in [0, 0.1) is 5.82 Å². The van der Waals surface area contributed by atoms with E-state index in [0.717, 1.165) is 14.7 Å². The summed E-state index contributed by atoms with van der Waals surface area (Å²) in [4.78, 5) is 30.1. The van der Waals surface area contributed by atoms with Gasteiger partial charge in [0.1, 0.15) is 5.82 Å². The van der Waals surface area contributed by atoms with Gasteiger partial charge in [0, 0.05) is 16.1 Å². The van der Waals surface area contributed by atoms with Crippen molar-refractivity contribution in [3.05, 3.63) is 105 Å². The van der Waals surface area contributed by atoms with Gasteiger partial charge in [0.2, 0.25) is 0 Å². The Balaban J connectivity index is 1.74. The van der Waals surface area contributed by atoms with E-state index in [4.69, 9.17) is 0 Å². The molecule has 30 heavy (non-hydrogen) atoms. The van der Waals surface area contributed by atoms with Gasteiger partial charge in [-0.05, 0) is 60.2 Å². The zero-order valence-electron chi connectivity index (χ0n) is 15.5. The molecule has 3 aromatic carbocycles. The Labute approximate surface area is 179 Å². The fraction of sp³-hybridized carbons (Fsp3) is 0. The second kappa shape index (κ2) is 8.42. The molecule has 0 aliphatic rings. The first-order chi connectivity index (χ1) is 14.5. The maximum absolute atomic E-state index is 13.4. The molecule has 7 heteroatoms. The van der Waals surface area contributed by atoms with Gasteiger partial charge in [-0.1, -0.05) is 40.2 Å². The Morgan fingerprint density at radius 3 is 2.43 bits per heavy atom. The number of carbonyl (C=O) groups is 1. The molecule has 4 aromatic rings. The van der Waals surface area contributed by atoms with E-state index in [1.54, 1.807) is 30.3 Å². The van der Waals surface area contributed by atoms with E-state index in [0.29, 0.717) is 16.5 Å². The molecule has 0 saturated carbocycles. The average Bonchev–Trinajstić information content (AvgIpc) is 2.76. The molecular formula is C23H15BrFN3O2. The van der Waals surface area contributed by atoms with Crippen LogP contribution < -0.4 is 11.0 Å². The molecule has 0 unspecified atom stereocenters. The molecular weight excluding hydrogens is 449 g/mol. The molecule has 148 valence electrons. The number of carbonyl (C=O) groups excluding carboxylic acids is 1. The number of hydrogen-bond acceptors (Lipinski definition) is 3. The quantitative estimate of drug-likeness (QED) is 0.444. The summed E-state index contributed by atoms with van der Waals surface area (Å²) in [7, 11) is 0. The highest BCUT2D eigenvalue weighted by molar-refractivity contribution is 9.10. The topological polar surface area (TPSA) is 64.0 Å².